The Morgan fingerprint density at radius 3 is 2.53 bits per heavy atom. The molecule has 0 heterocycles. The minimum absolute atomic E-state index is 0. The highest BCUT2D eigenvalue weighted by atomic mass is 127. The first-order valence-electron chi connectivity index (χ1n) is 5.92. The summed E-state index contributed by atoms with van der Waals surface area (Å²) >= 11 is 0. The molecule has 0 saturated heterocycles. The van der Waals surface area contributed by atoms with E-state index in [9.17, 15) is 0 Å². The Labute approximate surface area is 131 Å². The van der Waals surface area contributed by atoms with E-state index < -0.39 is 0 Å². The van der Waals surface area contributed by atoms with Crippen molar-refractivity contribution in [3.05, 3.63) is 29.8 Å². The van der Waals surface area contributed by atoms with Gasteiger partial charge in [0, 0.05) is 12.8 Å². The molecule has 0 aliphatic carbocycles. The Morgan fingerprint density at radius 2 is 1.89 bits per heavy atom. The van der Waals surface area contributed by atoms with E-state index in [0.717, 1.165) is 5.69 Å². The first kappa shape index (κ1) is 18.1. The van der Waals surface area contributed by atoms with Gasteiger partial charge in [-0.05, 0) is 19.1 Å². The summed E-state index contributed by atoms with van der Waals surface area (Å²) in [5, 5.41) is 3.02. The van der Waals surface area contributed by atoms with Crippen LogP contribution in [0.2, 0.25) is 0 Å². The van der Waals surface area contributed by atoms with E-state index in [1.165, 1.54) is 5.56 Å². The summed E-state index contributed by atoms with van der Waals surface area (Å²) in [5.41, 5.74) is 7.89. The van der Waals surface area contributed by atoms with Gasteiger partial charge in [0.2, 0.25) is 0 Å². The number of nitrogens with one attached hydrogen (secondary N) is 1. The van der Waals surface area contributed by atoms with Crippen LogP contribution in [0, 0.1) is 6.92 Å². The highest BCUT2D eigenvalue weighted by molar-refractivity contribution is 14.0. The first-order valence-corrected chi connectivity index (χ1v) is 5.92. The highest BCUT2D eigenvalue weighted by Gasteiger charge is 1.94. The fourth-order valence-corrected chi connectivity index (χ4v) is 1.30. The predicted molar refractivity (Wildman–Crippen MR) is 89.4 cm³/mol. The van der Waals surface area contributed by atoms with Crippen molar-refractivity contribution in [2.45, 2.75) is 6.92 Å². The van der Waals surface area contributed by atoms with Gasteiger partial charge in [-0.25, -0.2) is 0 Å². The van der Waals surface area contributed by atoms with Gasteiger partial charge in [0.05, 0.1) is 26.4 Å². The molecule has 0 bridgehead atoms. The van der Waals surface area contributed by atoms with Crippen molar-refractivity contribution in [1.82, 2.24) is 0 Å². The van der Waals surface area contributed by atoms with Gasteiger partial charge < -0.3 is 20.5 Å². The van der Waals surface area contributed by atoms with Crippen LogP contribution in [-0.2, 0) is 9.47 Å². The molecule has 0 aromatic heterocycles. The summed E-state index contributed by atoms with van der Waals surface area (Å²) in [6.45, 7) is 4.30. The molecule has 19 heavy (non-hydrogen) atoms. The molecule has 108 valence electrons. The number of ether oxygens (including phenoxy) is 2. The van der Waals surface area contributed by atoms with Gasteiger partial charge in [0.1, 0.15) is 0 Å². The van der Waals surface area contributed by atoms with Crippen molar-refractivity contribution < 1.29 is 9.47 Å². The molecule has 0 saturated carbocycles. The van der Waals surface area contributed by atoms with Crippen molar-refractivity contribution in [2.24, 2.45) is 10.7 Å². The third-order valence-corrected chi connectivity index (χ3v) is 2.27. The number of nitrogens with zero attached hydrogens (tertiary/aromatic N) is 1. The van der Waals surface area contributed by atoms with Crippen LogP contribution in [0.25, 0.3) is 0 Å². The van der Waals surface area contributed by atoms with Crippen LogP contribution < -0.4 is 11.1 Å². The van der Waals surface area contributed by atoms with E-state index in [1.807, 2.05) is 31.2 Å². The first-order chi connectivity index (χ1) is 8.72. The van der Waals surface area contributed by atoms with Gasteiger partial charge in [-0.3, -0.25) is 4.99 Å². The molecule has 5 nitrogen and oxygen atoms in total. The summed E-state index contributed by atoms with van der Waals surface area (Å²) in [6, 6.07) is 7.96. The minimum atomic E-state index is 0. The van der Waals surface area contributed by atoms with Crippen molar-refractivity contribution in [3.63, 3.8) is 0 Å². The number of rotatable bonds is 7. The van der Waals surface area contributed by atoms with E-state index in [2.05, 4.69) is 10.3 Å². The Morgan fingerprint density at radius 1 is 1.21 bits per heavy atom. The van der Waals surface area contributed by atoms with Crippen LogP contribution in [-0.4, -0.2) is 39.4 Å². The molecule has 1 aromatic rings. The zero-order valence-electron chi connectivity index (χ0n) is 11.4. The van der Waals surface area contributed by atoms with E-state index >= 15 is 0 Å². The topological polar surface area (TPSA) is 68.9 Å². The number of anilines is 1. The molecule has 1 rings (SSSR count). The maximum atomic E-state index is 5.74. The van der Waals surface area contributed by atoms with Gasteiger partial charge in [-0.2, -0.15) is 0 Å². The molecular formula is C13H22IN3O2. The van der Waals surface area contributed by atoms with Gasteiger partial charge >= 0.3 is 0 Å². The van der Waals surface area contributed by atoms with Crippen molar-refractivity contribution >= 4 is 35.6 Å². The second-order valence-corrected chi connectivity index (χ2v) is 3.86. The summed E-state index contributed by atoms with van der Waals surface area (Å²) in [5.74, 6) is 0.397. The van der Waals surface area contributed by atoms with E-state index in [1.54, 1.807) is 7.11 Å². The second kappa shape index (κ2) is 11.0. The Hall–Kier alpha value is -0.860. The van der Waals surface area contributed by atoms with Crippen LogP contribution in [0.3, 0.4) is 0 Å². The average Bonchev–Trinajstić information content (AvgIpc) is 2.36. The molecule has 0 unspecified atom stereocenters. The number of halogens is 1. The fourth-order valence-electron chi connectivity index (χ4n) is 1.30. The Bertz CT molecular complexity index is 369. The second-order valence-electron chi connectivity index (χ2n) is 3.86. The smallest absolute Gasteiger partial charge is 0.193 e. The van der Waals surface area contributed by atoms with Gasteiger partial charge in [-0.15, -0.1) is 24.0 Å². The largest absolute Gasteiger partial charge is 0.382 e. The molecule has 0 amide bonds. The molecule has 3 N–H and O–H groups in total. The fraction of sp³-hybridized carbons (Fsp3) is 0.462. The molecule has 0 aliphatic rings. The number of hydrogen-bond acceptors (Lipinski definition) is 3. The molecule has 6 heteroatoms. The zero-order valence-corrected chi connectivity index (χ0v) is 13.7. The molecule has 1 aromatic carbocycles. The van der Waals surface area contributed by atoms with Crippen molar-refractivity contribution in [1.29, 1.82) is 0 Å². The van der Waals surface area contributed by atoms with Crippen molar-refractivity contribution in [2.75, 3.05) is 38.8 Å². The van der Waals surface area contributed by atoms with E-state index in [-0.39, 0.29) is 24.0 Å². The van der Waals surface area contributed by atoms with Crippen LogP contribution in [0.15, 0.2) is 29.3 Å². The SMILES string of the molecule is COCCOCCN=C(N)Nc1ccc(C)cc1.I. The molecule has 0 fully saturated rings. The van der Waals surface area contributed by atoms with Gasteiger partial charge in [-0.1, -0.05) is 17.7 Å². The quantitative estimate of drug-likeness (QED) is 0.329. The van der Waals surface area contributed by atoms with Gasteiger partial charge in [0.15, 0.2) is 5.96 Å². The van der Waals surface area contributed by atoms with Crippen LogP contribution in [0.4, 0.5) is 5.69 Å². The Kier molecular flexibility index (Phi) is 10.5. The van der Waals surface area contributed by atoms with E-state index in [0.29, 0.717) is 32.3 Å². The Balaban J connectivity index is 0.00000324. The predicted octanol–water partition coefficient (Wildman–Crippen LogP) is 2.00. The number of methoxy groups -OCH3 is 1. The maximum absolute atomic E-state index is 5.74. The maximum Gasteiger partial charge on any atom is 0.193 e. The van der Waals surface area contributed by atoms with Crippen LogP contribution in [0.5, 0.6) is 0 Å². The van der Waals surface area contributed by atoms with Gasteiger partial charge in [0.25, 0.3) is 0 Å². The number of guanidine groups is 1. The normalized spacial score (nSPS) is 10.9. The monoisotopic (exact) mass is 379 g/mol. The number of nitrogens with two attached hydrogens (primary N) is 1. The van der Waals surface area contributed by atoms with Crippen LogP contribution >= 0.6 is 24.0 Å². The standard InChI is InChI=1S/C13H21N3O2.HI/c1-11-3-5-12(6-4-11)16-13(14)15-7-8-18-10-9-17-2;/h3-6H,7-10H2,1-2H3,(H3,14,15,16);1H. The molecule has 0 spiro atoms. The minimum Gasteiger partial charge on any atom is -0.382 e. The third kappa shape index (κ3) is 8.79. The van der Waals surface area contributed by atoms with Crippen molar-refractivity contribution in [3.8, 4) is 0 Å². The highest BCUT2D eigenvalue weighted by Crippen LogP contribution is 2.07. The molecule has 0 atom stereocenters. The summed E-state index contributed by atoms with van der Waals surface area (Å²) in [6.07, 6.45) is 0. The van der Waals surface area contributed by atoms with E-state index in [4.69, 9.17) is 15.2 Å². The molecular weight excluding hydrogens is 357 g/mol. The number of aliphatic imine (C=N–C) groups is 1. The third-order valence-electron chi connectivity index (χ3n) is 2.27. The lowest BCUT2D eigenvalue weighted by molar-refractivity contribution is 0.0748. The molecule has 0 radical (unpaired) electrons. The van der Waals surface area contributed by atoms with Crippen LogP contribution in [0.1, 0.15) is 5.56 Å². The zero-order chi connectivity index (χ0) is 13.2. The lowest BCUT2D eigenvalue weighted by atomic mass is 10.2. The number of aryl methyl sites for hydroxylation is 1. The number of hydrogen-bond donors (Lipinski definition) is 2. The lowest BCUT2D eigenvalue weighted by Gasteiger charge is -2.06. The summed E-state index contributed by atoms with van der Waals surface area (Å²) < 4.78 is 10.1. The summed E-state index contributed by atoms with van der Waals surface area (Å²) in [7, 11) is 1.64. The average molecular weight is 379 g/mol. The molecule has 0 aliphatic heterocycles. The lowest BCUT2D eigenvalue weighted by Crippen LogP contribution is -2.23. The number of benzene rings is 1. The summed E-state index contributed by atoms with van der Waals surface area (Å²) in [4.78, 5) is 4.16.